The van der Waals surface area contributed by atoms with Crippen LogP contribution in [-0.2, 0) is 11.3 Å². The van der Waals surface area contributed by atoms with Gasteiger partial charge in [-0.15, -0.1) is 0 Å². The summed E-state index contributed by atoms with van der Waals surface area (Å²) >= 11 is 5.91. The number of fused-ring (bicyclic) bond motifs is 1. The smallest absolute Gasteiger partial charge is 0.237 e. The maximum absolute atomic E-state index is 14.4. The molecular formula is C23H26ClFN6O2. The Balaban J connectivity index is 1.59. The van der Waals surface area contributed by atoms with E-state index in [2.05, 4.69) is 26.0 Å². The van der Waals surface area contributed by atoms with Gasteiger partial charge in [0.25, 0.3) is 0 Å². The van der Waals surface area contributed by atoms with E-state index in [1.54, 1.807) is 30.3 Å². The largest absolute Gasteiger partial charge is 0.496 e. The van der Waals surface area contributed by atoms with Crippen LogP contribution >= 0.6 is 11.6 Å². The van der Waals surface area contributed by atoms with Gasteiger partial charge in [0.05, 0.1) is 23.3 Å². The zero-order valence-corrected chi connectivity index (χ0v) is 19.2. The van der Waals surface area contributed by atoms with Crippen LogP contribution in [0.25, 0.3) is 10.9 Å². The first kappa shape index (κ1) is 23.2. The molecule has 8 nitrogen and oxygen atoms in total. The monoisotopic (exact) mass is 472 g/mol. The number of aromatic nitrogens is 2. The molecule has 1 amide bonds. The molecule has 0 radical (unpaired) electrons. The van der Waals surface area contributed by atoms with Gasteiger partial charge >= 0.3 is 0 Å². The van der Waals surface area contributed by atoms with Crippen molar-refractivity contribution in [1.29, 1.82) is 0 Å². The van der Waals surface area contributed by atoms with Gasteiger partial charge in [0, 0.05) is 36.5 Å². The van der Waals surface area contributed by atoms with Crippen molar-refractivity contribution >= 4 is 39.9 Å². The van der Waals surface area contributed by atoms with Gasteiger partial charge in [0.1, 0.15) is 17.9 Å². The zero-order chi connectivity index (χ0) is 23.4. The van der Waals surface area contributed by atoms with Gasteiger partial charge in [0.2, 0.25) is 5.91 Å². The van der Waals surface area contributed by atoms with Crippen molar-refractivity contribution in [3.05, 3.63) is 53.1 Å². The molecule has 4 rings (SSSR count). The minimum Gasteiger partial charge on any atom is -0.496 e. The topological polar surface area (TPSA) is 91.4 Å². The minimum atomic E-state index is -0.556. The van der Waals surface area contributed by atoms with Crippen LogP contribution in [0.4, 0.5) is 15.9 Å². The average molecular weight is 473 g/mol. The summed E-state index contributed by atoms with van der Waals surface area (Å²) in [7, 11) is 3.39. The predicted octanol–water partition coefficient (Wildman–Crippen LogP) is 3.64. The summed E-state index contributed by atoms with van der Waals surface area (Å²) in [6, 6.07) is 8.41. The molecule has 0 unspecified atom stereocenters. The number of nitrogens with zero attached hydrogens (tertiary/aromatic N) is 3. The summed E-state index contributed by atoms with van der Waals surface area (Å²) in [5, 5.41) is 8.72. The number of hydrazine groups is 1. The third kappa shape index (κ3) is 5.32. The Morgan fingerprint density at radius 2 is 2.09 bits per heavy atom. The van der Waals surface area contributed by atoms with Crippen LogP contribution in [0.15, 0.2) is 36.7 Å². The third-order valence-corrected chi connectivity index (χ3v) is 5.95. The molecule has 0 spiro atoms. The third-order valence-electron chi connectivity index (χ3n) is 5.66. The molecule has 10 heteroatoms. The highest BCUT2D eigenvalue weighted by molar-refractivity contribution is 6.31. The quantitative estimate of drug-likeness (QED) is 0.452. The SMILES string of the molecule is COc1cc2ncnc(Nc3cccc(Cl)c3F)c2cc1CN(C)NC(=O)C1CCNCC1. The van der Waals surface area contributed by atoms with Crippen LogP contribution in [0.2, 0.25) is 5.02 Å². The van der Waals surface area contributed by atoms with E-state index in [4.69, 9.17) is 16.3 Å². The first-order valence-corrected chi connectivity index (χ1v) is 11.1. The van der Waals surface area contributed by atoms with Crippen molar-refractivity contribution in [2.45, 2.75) is 19.4 Å². The van der Waals surface area contributed by atoms with Crippen LogP contribution < -0.4 is 20.8 Å². The van der Waals surface area contributed by atoms with E-state index in [9.17, 15) is 9.18 Å². The second-order valence-corrected chi connectivity index (χ2v) is 8.39. The maximum Gasteiger partial charge on any atom is 0.237 e. The Morgan fingerprint density at radius 1 is 1.30 bits per heavy atom. The van der Waals surface area contributed by atoms with Crippen molar-refractivity contribution in [3.8, 4) is 5.75 Å². The van der Waals surface area contributed by atoms with Crippen LogP contribution in [0.1, 0.15) is 18.4 Å². The van der Waals surface area contributed by atoms with Crippen LogP contribution in [0, 0.1) is 11.7 Å². The molecule has 3 N–H and O–H groups in total. The molecule has 2 aromatic carbocycles. The predicted molar refractivity (Wildman–Crippen MR) is 126 cm³/mol. The number of hydrogen-bond donors (Lipinski definition) is 3. The van der Waals surface area contributed by atoms with E-state index in [-0.39, 0.29) is 22.5 Å². The van der Waals surface area contributed by atoms with Crippen molar-refractivity contribution < 1.29 is 13.9 Å². The molecule has 1 saturated heterocycles. The first-order valence-electron chi connectivity index (χ1n) is 10.7. The first-order chi connectivity index (χ1) is 16.0. The number of benzene rings is 2. The highest BCUT2D eigenvalue weighted by Gasteiger charge is 2.22. The Hall–Kier alpha value is -3.01. The lowest BCUT2D eigenvalue weighted by Crippen LogP contribution is -2.45. The summed E-state index contributed by atoms with van der Waals surface area (Å²) in [5.41, 5.74) is 4.64. The minimum absolute atomic E-state index is 0.00370. The molecule has 0 bridgehead atoms. The Kier molecular flexibility index (Phi) is 7.22. The lowest BCUT2D eigenvalue weighted by molar-refractivity contribution is -0.130. The van der Waals surface area contributed by atoms with E-state index in [0.717, 1.165) is 31.5 Å². The number of amides is 1. The van der Waals surface area contributed by atoms with E-state index < -0.39 is 5.82 Å². The second-order valence-electron chi connectivity index (χ2n) is 7.99. The average Bonchev–Trinajstić information content (AvgIpc) is 2.82. The standard InChI is InChI=1S/C23H26ClFN6O2/c1-31(30-23(32)14-6-8-26-9-7-14)12-15-10-16-19(11-20(15)33-2)27-13-28-22(16)29-18-5-3-4-17(24)21(18)25/h3-5,10-11,13-14,26H,6-9,12H2,1-2H3,(H,30,32)(H,27,28,29). The van der Waals surface area contributed by atoms with Gasteiger partial charge in [-0.2, -0.15) is 0 Å². The van der Waals surface area contributed by atoms with Gasteiger partial charge in [-0.1, -0.05) is 17.7 Å². The molecule has 0 aliphatic carbocycles. The van der Waals surface area contributed by atoms with Crippen molar-refractivity contribution in [1.82, 2.24) is 25.7 Å². The Morgan fingerprint density at radius 3 is 2.85 bits per heavy atom. The number of piperidine rings is 1. The van der Waals surface area contributed by atoms with E-state index >= 15 is 0 Å². The highest BCUT2D eigenvalue weighted by atomic mass is 35.5. The van der Waals surface area contributed by atoms with Gasteiger partial charge in [-0.25, -0.2) is 19.4 Å². The molecule has 1 aliphatic heterocycles. The van der Waals surface area contributed by atoms with Crippen LogP contribution in [0.5, 0.6) is 5.75 Å². The number of hydrogen-bond acceptors (Lipinski definition) is 7. The number of anilines is 2. The molecule has 3 aromatic rings. The highest BCUT2D eigenvalue weighted by Crippen LogP contribution is 2.32. The molecule has 2 heterocycles. The molecule has 1 aromatic heterocycles. The number of methoxy groups -OCH3 is 1. The molecule has 174 valence electrons. The Labute approximate surface area is 196 Å². The van der Waals surface area contributed by atoms with Gasteiger partial charge in [-0.05, 0) is 44.1 Å². The maximum atomic E-state index is 14.4. The fourth-order valence-electron chi connectivity index (χ4n) is 3.93. The second kappa shape index (κ2) is 10.3. The summed E-state index contributed by atoms with van der Waals surface area (Å²) in [5.74, 6) is 0.528. The van der Waals surface area contributed by atoms with Gasteiger partial charge in [0.15, 0.2) is 5.82 Å². The molecule has 1 aliphatic rings. The fraction of sp³-hybridized carbons (Fsp3) is 0.348. The Bertz CT molecular complexity index is 1160. The lowest BCUT2D eigenvalue weighted by atomic mass is 9.98. The number of nitrogens with one attached hydrogen (secondary N) is 3. The van der Waals surface area contributed by atoms with Crippen LogP contribution in [0.3, 0.4) is 0 Å². The zero-order valence-electron chi connectivity index (χ0n) is 18.5. The van der Waals surface area contributed by atoms with Crippen LogP contribution in [-0.4, -0.2) is 48.1 Å². The summed E-state index contributed by atoms with van der Waals surface area (Å²) in [4.78, 5) is 21.2. The van der Waals surface area contributed by atoms with Gasteiger partial charge < -0.3 is 15.4 Å². The molecule has 33 heavy (non-hydrogen) atoms. The van der Waals surface area contributed by atoms with E-state index in [0.29, 0.717) is 29.0 Å². The summed E-state index contributed by atoms with van der Waals surface area (Å²) in [6.07, 6.45) is 3.05. The molecule has 1 fully saturated rings. The van der Waals surface area contributed by atoms with E-state index in [1.807, 2.05) is 13.1 Å². The molecular weight excluding hydrogens is 447 g/mol. The summed E-state index contributed by atoms with van der Waals surface area (Å²) in [6.45, 7) is 2.10. The van der Waals surface area contributed by atoms with Gasteiger partial charge in [-0.3, -0.25) is 10.2 Å². The van der Waals surface area contributed by atoms with Crippen molar-refractivity contribution in [2.24, 2.45) is 5.92 Å². The molecule has 0 saturated carbocycles. The van der Waals surface area contributed by atoms with Crippen molar-refractivity contribution in [2.75, 3.05) is 32.6 Å². The number of halogens is 2. The lowest BCUT2D eigenvalue weighted by Gasteiger charge is -2.26. The fourth-order valence-corrected chi connectivity index (χ4v) is 4.10. The molecule has 0 atom stereocenters. The number of rotatable bonds is 7. The van der Waals surface area contributed by atoms with E-state index in [1.165, 1.54) is 12.4 Å². The summed E-state index contributed by atoms with van der Waals surface area (Å²) < 4.78 is 20.0. The number of ether oxygens (including phenoxy) is 1. The number of carbonyl (C=O) groups excluding carboxylic acids is 1. The van der Waals surface area contributed by atoms with Crippen molar-refractivity contribution in [3.63, 3.8) is 0 Å². The normalized spacial score (nSPS) is 14.5. The number of carbonyl (C=O) groups is 1.